The topological polar surface area (TPSA) is 21.3 Å². The molecule has 0 amide bonds. The molecule has 2 aromatic carbocycles. The van der Waals surface area contributed by atoms with Crippen molar-refractivity contribution in [1.29, 1.82) is 0 Å². The van der Waals surface area contributed by atoms with E-state index in [1.54, 1.807) is 6.07 Å². The SMILES string of the molecule is Clc1cccc(OCc2cccc(CNC3CC3)c2)c1Cl. The van der Waals surface area contributed by atoms with E-state index in [0.29, 0.717) is 22.4 Å². The van der Waals surface area contributed by atoms with Crippen LogP contribution in [-0.4, -0.2) is 6.04 Å². The Balaban J connectivity index is 1.61. The van der Waals surface area contributed by atoms with E-state index in [1.165, 1.54) is 18.4 Å². The predicted molar refractivity (Wildman–Crippen MR) is 87.1 cm³/mol. The van der Waals surface area contributed by atoms with E-state index in [-0.39, 0.29) is 0 Å². The van der Waals surface area contributed by atoms with Crippen LogP contribution in [0.4, 0.5) is 0 Å². The first-order valence-corrected chi connectivity index (χ1v) is 7.86. The maximum absolute atomic E-state index is 6.12. The van der Waals surface area contributed by atoms with Gasteiger partial charge in [-0.25, -0.2) is 0 Å². The molecule has 110 valence electrons. The molecular formula is C17H17Cl2NO. The zero-order chi connectivity index (χ0) is 14.7. The fourth-order valence-corrected chi connectivity index (χ4v) is 2.48. The van der Waals surface area contributed by atoms with Crippen molar-refractivity contribution in [3.05, 3.63) is 63.6 Å². The maximum Gasteiger partial charge on any atom is 0.139 e. The number of halogens is 2. The van der Waals surface area contributed by atoms with Gasteiger partial charge < -0.3 is 10.1 Å². The molecule has 2 aromatic rings. The molecule has 21 heavy (non-hydrogen) atoms. The largest absolute Gasteiger partial charge is 0.487 e. The van der Waals surface area contributed by atoms with Crippen LogP contribution in [0.1, 0.15) is 24.0 Å². The summed E-state index contributed by atoms with van der Waals surface area (Å²) in [5.41, 5.74) is 2.40. The Bertz CT molecular complexity index is 626. The van der Waals surface area contributed by atoms with Crippen molar-refractivity contribution in [3.63, 3.8) is 0 Å². The summed E-state index contributed by atoms with van der Waals surface area (Å²) in [5, 5.41) is 4.49. The lowest BCUT2D eigenvalue weighted by molar-refractivity contribution is 0.306. The summed E-state index contributed by atoms with van der Waals surface area (Å²) in [5.74, 6) is 0.616. The monoisotopic (exact) mass is 321 g/mol. The molecule has 3 rings (SSSR count). The van der Waals surface area contributed by atoms with Gasteiger partial charge in [-0.15, -0.1) is 0 Å². The molecule has 0 bridgehead atoms. The predicted octanol–water partition coefficient (Wildman–Crippen LogP) is 4.82. The van der Waals surface area contributed by atoms with Crippen molar-refractivity contribution in [1.82, 2.24) is 5.32 Å². The van der Waals surface area contributed by atoms with Gasteiger partial charge in [0.25, 0.3) is 0 Å². The second-order valence-electron chi connectivity index (χ2n) is 5.32. The van der Waals surface area contributed by atoms with E-state index in [9.17, 15) is 0 Å². The molecule has 0 spiro atoms. The highest BCUT2D eigenvalue weighted by Crippen LogP contribution is 2.31. The van der Waals surface area contributed by atoms with Crippen LogP contribution in [0.15, 0.2) is 42.5 Å². The van der Waals surface area contributed by atoms with E-state index in [0.717, 1.165) is 18.2 Å². The van der Waals surface area contributed by atoms with Crippen LogP contribution in [0, 0.1) is 0 Å². The molecule has 4 heteroatoms. The molecule has 0 heterocycles. The Labute approximate surface area is 135 Å². The van der Waals surface area contributed by atoms with Crippen molar-refractivity contribution in [3.8, 4) is 5.75 Å². The molecule has 0 atom stereocenters. The van der Waals surface area contributed by atoms with Crippen molar-refractivity contribution >= 4 is 23.2 Å². The zero-order valence-corrected chi connectivity index (χ0v) is 13.1. The maximum atomic E-state index is 6.12. The second-order valence-corrected chi connectivity index (χ2v) is 6.10. The number of hydrogen-bond acceptors (Lipinski definition) is 2. The molecular weight excluding hydrogens is 305 g/mol. The van der Waals surface area contributed by atoms with Gasteiger partial charge >= 0.3 is 0 Å². The Morgan fingerprint density at radius 1 is 1.05 bits per heavy atom. The van der Waals surface area contributed by atoms with E-state index >= 15 is 0 Å². The van der Waals surface area contributed by atoms with E-state index in [2.05, 4.69) is 29.6 Å². The average Bonchev–Trinajstić information content (AvgIpc) is 3.31. The van der Waals surface area contributed by atoms with Crippen LogP contribution in [0.25, 0.3) is 0 Å². The number of nitrogens with one attached hydrogen (secondary N) is 1. The van der Waals surface area contributed by atoms with Crippen LogP contribution in [-0.2, 0) is 13.2 Å². The number of hydrogen-bond donors (Lipinski definition) is 1. The Morgan fingerprint density at radius 3 is 2.62 bits per heavy atom. The molecule has 0 saturated heterocycles. The van der Waals surface area contributed by atoms with Gasteiger partial charge in [-0.1, -0.05) is 53.5 Å². The van der Waals surface area contributed by atoms with Crippen LogP contribution in [0.5, 0.6) is 5.75 Å². The van der Waals surface area contributed by atoms with E-state index in [1.807, 2.05) is 12.1 Å². The van der Waals surface area contributed by atoms with E-state index in [4.69, 9.17) is 27.9 Å². The third kappa shape index (κ3) is 4.13. The molecule has 0 unspecified atom stereocenters. The van der Waals surface area contributed by atoms with Crippen LogP contribution in [0.3, 0.4) is 0 Å². The van der Waals surface area contributed by atoms with Crippen LogP contribution in [0.2, 0.25) is 10.0 Å². The van der Waals surface area contributed by atoms with E-state index < -0.39 is 0 Å². The molecule has 1 aliphatic rings. The number of rotatable bonds is 6. The average molecular weight is 322 g/mol. The summed E-state index contributed by atoms with van der Waals surface area (Å²) in [6.07, 6.45) is 2.60. The summed E-state index contributed by atoms with van der Waals surface area (Å²) >= 11 is 12.1. The standard InChI is InChI=1S/C17H17Cl2NO/c18-15-5-2-6-16(17(15)19)21-11-13-4-1-3-12(9-13)10-20-14-7-8-14/h1-6,9,14,20H,7-8,10-11H2. The fourth-order valence-electron chi connectivity index (χ4n) is 2.14. The summed E-state index contributed by atoms with van der Waals surface area (Å²) in [4.78, 5) is 0. The molecule has 1 aliphatic carbocycles. The highest BCUT2D eigenvalue weighted by molar-refractivity contribution is 6.42. The van der Waals surface area contributed by atoms with Gasteiger partial charge in [0.05, 0.1) is 5.02 Å². The third-order valence-electron chi connectivity index (χ3n) is 3.47. The molecule has 2 nitrogen and oxygen atoms in total. The number of benzene rings is 2. The summed E-state index contributed by atoms with van der Waals surface area (Å²) < 4.78 is 5.76. The molecule has 1 saturated carbocycles. The fraction of sp³-hybridized carbons (Fsp3) is 0.294. The molecule has 0 aliphatic heterocycles. The number of ether oxygens (including phenoxy) is 1. The minimum Gasteiger partial charge on any atom is -0.487 e. The van der Waals surface area contributed by atoms with Gasteiger partial charge in [0.1, 0.15) is 17.4 Å². The molecule has 0 aromatic heterocycles. The summed E-state index contributed by atoms with van der Waals surface area (Å²) in [7, 11) is 0. The van der Waals surface area contributed by atoms with Crippen molar-refractivity contribution in [2.75, 3.05) is 0 Å². The normalized spacial score (nSPS) is 14.2. The van der Waals surface area contributed by atoms with Gasteiger partial charge in [-0.05, 0) is 36.1 Å². The first-order chi connectivity index (χ1) is 10.2. The quantitative estimate of drug-likeness (QED) is 0.823. The Morgan fingerprint density at radius 2 is 1.81 bits per heavy atom. The summed E-state index contributed by atoms with van der Waals surface area (Å²) in [6, 6.07) is 14.5. The molecule has 1 N–H and O–H groups in total. The second kappa shape index (κ2) is 6.69. The lowest BCUT2D eigenvalue weighted by atomic mass is 10.1. The van der Waals surface area contributed by atoms with Gasteiger partial charge in [-0.2, -0.15) is 0 Å². The highest BCUT2D eigenvalue weighted by Gasteiger charge is 2.19. The molecule has 0 radical (unpaired) electrons. The minimum atomic E-state index is 0.464. The lowest BCUT2D eigenvalue weighted by Crippen LogP contribution is -2.15. The van der Waals surface area contributed by atoms with Crippen LogP contribution >= 0.6 is 23.2 Å². The van der Waals surface area contributed by atoms with Gasteiger partial charge in [-0.3, -0.25) is 0 Å². The third-order valence-corrected chi connectivity index (χ3v) is 4.28. The zero-order valence-electron chi connectivity index (χ0n) is 11.6. The van der Waals surface area contributed by atoms with Gasteiger partial charge in [0.2, 0.25) is 0 Å². The lowest BCUT2D eigenvalue weighted by Gasteiger charge is -2.10. The highest BCUT2D eigenvalue weighted by atomic mass is 35.5. The summed E-state index contributed by atoms with van der Waals surface area (Å²) in [6.45, 7) is 1.40. The Hall–Kier alpha value is -1.22. The smallest absolute Gasteiger partial charge is 0.139 e. The van der Waals surface area contributed by atoms with Gasteiger partial charge in [0.15, 0.2) is 0 Å². The Kier molecular flexibility index (Phi) is 4.69. The van der Waals surface area contributed by atoms with Crippen molar-refractivity contribution < 1.29 is 4.74 Å². The molecule has 1 fully saturated rings. The first kappa shape index (κ1) is 14.7. The van der Waals surface area contributed by atoms with Gasteiger partial charge in [0, 0.05) is 12.6 Å². The van der Waals surface area contributed by atoms with Crippen molar-refractivity contribution in [2.24, 2.45) is 0 Å². The minimum absolute atomic E-state index is 0.464. The first-order valence-electron chi connectivity index (χ1n) is 7.10. The van der Waals surface area contributed by atoms with Crippen molar-refractivity contribution in [2.45, 2.75) is 32.0 Å². The van der Waals surface area contributed by atoms with Crippen LogP contribution < -0.4 is 10.1 Å².